The molecule has 1 aliphatic carbocycles. The lowest BCUT2D eigenvalue weighted by molar-refractivity contribution is -0.114. The number of alkyl halides is 2. The largest absolute Gasteiger partial charge is 0.295 e. The first-order chi connectivity index (χ1) is 19.2. The summed E-state index contributed by atoms with van der Waals surface area (Å²) in [5, 5.41) is 0.823. The molecule has 0 radical (unpaired) electrons. The van der Waals surface area contributed by atoms with Gasteiger partial charge in [0.25, 0.3) is 15.9 Å². The molecule has 0 amide bonds. The minimum atomic E-state index is -3.86. The van der Waals surface area contributed by atoms with Crippen LogP contribution >= 0.6 is 0 Å². The number of hydrogen-bond acceptors (Lipinski definition) is 4. The number of para-hydroxylation sites is 1. The highest BCUT2D eigenvalue weighted by atomic mass is 32.2. The van der Waals surface area contributed by atoms with E-state index >= 15 is 8.78 Å². The third kappa shape index (κ3) is 5.97. The number of hydrogen-bond donors (Lipinski definition) is 1. The third-order valence-electron chi connectivity index (χ3n) is 7.25. The van der Waals surface area contributed by atoms with Crippen LogP contribution in [0.2, 0.25) is 0 Å². The van der Waals surface area contributed by atoms with Crippen molar-refractivity contribution in [2.75, 3.05) is 4.72 Å². The third-order valence-corrected chi connectivity index (χ3v) is 8.63. The van der Waals surface area contributed by atoms with E-state index in [0.717, 1.165) is 34.6 Å². The van der Waals surface area contributed by atoms with E-state index < -0.39 is 22.4 Å². The highest BCUT2D eigenvalue weighted by molar-refractivity contribution is 7.92. The molecule has 0 bridgehead atoms. The van der Waals surface area contributed by atoms with Gasteiger partial charge in [-0.1, -0.05) is 55.5 Å². The number of pyridine rings is 1. The number of nitrogens with one attached hydrogen (secondary N) is 1. The van der Waals surface area contributed by atoms with Crippen molar-refractivity contribution in [1.29, 1.82) is 0 Å². The van der Waals surface area contributed by atoms with Crippen LogP contribution < -0.4 is 4.72 Å². The number of nitrogens with zero attached hydrogens (tertiary/aromatic N) is 1. The first-order valence-corrected chi connectivity index (χ1v) is 14.8. The molecule has 3 aromatic carbocycles. The predicted molar refractivity (Wildman–Crippen MR) is 154 cm³/mol. The van der Waals surface area contributed by atoms with Gasteiger partial charge in [-0.25, -0.2) is 17.2 Å². The van der Waals surface area contributed by atoms with Crippen LogP contribution in [-0.4, -0.2) is 25.1 Å². The summed E-state index contributed by atoms with van der Waals surface area (Å²) >= 11 is 0. The second-order valence-electron chi connectivity index (χ2n) is 10.1. The number of sulfonamides is 1. The lowest BCUT2D eigenvalue weighted by Crippen LogP contribution is -2.19. The van der Waals surface area contributed by atoms with Crippen LogP contribution in [0.1, 0.15) is 54.9 Å². The van der Waals surface area contributed by atoms with Crippen LogP contribution in [0.15, 0.2) is 90.0 Å². The lowest BCUT2D eigenvalue weighted by Gasteiger charge is -2.22. The van der Waals surface area contributed by atoms with Gasteiger partial charge in [0.05, 0.1) is 16.1 Å². The Labute approximate surface area is 233 Å². The van der Waals surface area contributed by atoms with Gasteiger partial charge in [0.2, 0.25) is 0 Å². The molecule has 5 nitrogen and oxygen atoms in total. The molecular weight excluding hydrogens is 530 g/mol. The summed E-state index contributed by atoms with van der Waals surface area (Å²) < 4.78 is 58.9. The summed E-state index contributed by atoms with van der Waals surface area (Å²) in [5.41, 5.74) is 3.61. The van der Waals surface area contributed by atoms with Crippen LogP contribution in [0.3, 0.4) is 0 Å². The Morgan fingerprint density at radius 3 is 2.42 bits per heavy atom. The quantitative estimate of drug-likeness (QED) is 0.256. The molecule has 0 aliphatic heterocycles. The van der Waals surface area contributed by atoms with E-state index in [-0.39, 0.29) is 22.7 Å². The first-order valence-electron chi connectivity index (χ1n) is 13.4. The molecule has 40 heavy (non-hydrogen) atoms. The predicted octanol–water partition coefficient (Wildman–Crippen LogP) is 7.35. The molecule has 0 unspecified atom stereocenters. The fraction of sp³-hybridized carbons (Fsp3) is 0.250. The van der Waals surface area contributed by atoms with Crippen LogP contribution in [0.5, 0.6) is 0 Å². The summed E-state index contributed by atoms with van der Waals surface area (Å²) in [6, 6.07) is 21.0. The zero-order chi connectivity index (χ0) is 28.3. The van der Waals surface area contributed by atoms with Crippen molar-refractivity contribution >= 4 is 38.0 Å². The van der Waals surface area contributed by atoms with Crippen LogP contribution in [-0.2, 0) is 27.7 Å². The van der Waals surface area contributed by atoms with E-state index in [2.05, 4.69) is 9.71 Å². The number of halogens is 2. The molecule has 0 atom stereocenters. The number of allylic oxidation sites excluding steroid dienone is 2. The summed E-state index contributed by atoms with van der Waals surface area (Å²) in [6.07, 6.45) is 5.10. The van der Waals surface area contributed by atoms with Gasteiger partial charge in [0.15, 0.2) is 5.78 Å². The second kappa shape index (κ2) is 11.3. The Kier molecular flexibility index (Phi) is 7.81. The van der Waals surface area contributed by atoms with E-state index in [1.165, 1.54) is 19.1 Å². The van der Waals surface area contributed by atoms with Crippen molar-refractivity contribution in [2.24, 2.45) is 0 Å². The highest BCUT2D eigenvalue weighted by Crippen LogP contribution is 2.39. The molecular formula is C32H30F2N2O3S. The number of carbonyl (C=O) groups excluding carboxylic acids is 1. The normalized spacial score (nSPS) is 15.9. The summed E-state index contributed by atoms with van der Waals surface area (Å²) in [4.78, 5) is 16.8. The minimum absolute atomic E-state index is 0.102. The van der Waals surface area contributed by atoms with E-state index in [0.29, 0.717) is 36.0 Å². The summed E-state index contributed by atoms with van der Waals surface area (Å²) in [5.74, 6) is -3.39. The topological polar surface area (TPSA) is 76.1 Å². The number of benzene rings is 3. The molecule has 5 rings (SSSR count). The Hall–Kier alpha value is -3.91. The van der Waals surface area contributed by atoms with Gasteiger partial charge in [0, 0.05) is 30.0 Å². The van der Waals surface area contributed by atoms with Gasteiger partial charge in [-0.3, -0.25) is 14.5 Å². The van der Waals surface area contributed by atoms with Gasteiger partial charge in [0.1, 0.15) is 0 Å². The van der Waals surface area contributed by atoms with Crippen molar-refractivity contribution in [2.45, 2.75) is 56.3 Å². The summed E-state index contributed by atoms with van der Waals surface area (Å²) in [7, 11) is -3.86. The highest BCUT2D eigenvalue weighted by Gasteiger charge is 2.35. The summed E-state index contributed by atoms with van der Waals surface area (Å²) in [6.45, 7) is 1.42. The number of fused-ring (bicyclic) bond motifs is 2. The first kappa shape index (κ1) is 27.6. The Morgan fingerprint density at radius 1 is 0.925 bits per heavy atom. The number of rotatable bonds is 7. The molecule has 1 heterocycles. The Balaban J connectivity index is 1.40. The maximum Gasteiger partial charge on any atom is 0.273 e. The van der Waals surface area contributed by atoms with Gasteiger partial charge in [-0.15, -0.1) is 0 Å². The van der Waals surface area contributed by atoms with Crippen LogP contribution in [0.25, 0.3) is 16.5 Å². The molecule has 1 aromatic heterocycles. The van der Waals surface area contributed by atoms with Crippen molar-refractivity contribution < 1.29 is 22.0 Å². The molecule has 0 fully saturated rings. The minimum Gasteiger partial charge on any atom is -0.295 e. The monoisotopic (exact) mass is 560 g/mol. The number of aryl methyl sites for hydroxylation is 1. The number of aromatic nitrogens is 1. The number of ketones is 1. The molecule has 1 aliphatic rings. The van der Waals surface area contributed by atoms with Crippen molar-refractivity contribution in [3.8, 4) is 0 Å². The van der Waals surface area contributed by atoms with E-state index in [1.54, 1.807) is 42.6 Å². The molecule has 206 valence electrons. The molecule has 4 aromatic rings. The number of anilines is 1. The fourth-order valence-corrected chi connectivity index (χ4v) is 6.10. The van der Waals surface area contributed by atoms with Gasteiger partial charge in [-0.05, 0) is 78.3 Å². The van der Waals surface area contributed by atoms with Crippen LogP contribution in [0.4, 0.5) is 14.5 Å². The Bertz CT molecular complexity index is 1690. The van der Waals surface area contributed by atoms with E-state index in [1.807, 2.05) is 24.3 Å². The average Bonchev–Trinajstić information content (AvgIpc) is 3.02. The number of carbonyl (C=O) groups is 1. The maximum absolute atomic E-state index is 15.0. The second-order valence-corrected chi connectivity index (χ2v) is 11.8. The zero-order valence-electron chi connectivity index (χ0n) is 22.2. The molecule has 1 N–H and O–H groups in total. The molecule has 0 saturated heterocycles. The smallest absolute Gasteiger partial charge is 0.273 e. The fourth-order valence-electron chi connectivity index (χ4n) is 5.03. The standard InChI is InChI=1S/C32H30F2N2O3S/c1-2-32(33,34)29-21-26(37)10-4-3-7-24-15-12-23(20-28(24)29)19-22-13-16-27(17-14-22)40(38,39)36-30-11-5-8-25-9-6-18-35-31(25)30/h5-6,8-9,11-18,20-21,36H,2-4,7,10,19H2,1H3/b29-21+. The van der Waals surface area contributed by atoms with E-state index in [9.17, 15) is 13.2 Å². The zero-order valence-corrected chi connectivity index (χ0v) is 23.0. The molecule has 8 heteroatoms. The average molecular weight is 561 g/mol. The SMILES string of the molecule is CCC(F)(F)/C1=C/C(=O)CCCCc2ccc(Cc3ccc(S(=O)(=O)Nc4cccc5cccnc45)cc3)cc21. The molecule has 0 spiro atoms. The van der Waals surface area contributed by atoms with Crippen molar-refractivity contribution in [1.82, 2.24) is 4.98 Å². The van der Waals surface area contributed by atoms with Crippen LogP contribution in [0, 0.1) is 0 Å². The Morgan fingerprint density at radius 2 is 1.65 bits per heavy atom. The van der Waals surface area contributed by atoms with Crippen molar-refractivity contribution in [3.63, 3.8) is 0 Å². The lowest BCUT2D eigenvalue weighted by atomic mass is 9.89. The van der Waals surface area contributed by atoms with Gasteiger partial charge in [-0.2, -0.15) is 0 Å². The van der Waals surface area contributed by atoms with Gasteiger partial charge < -0.3 is 0 Å². The molecule has 0 saturated carbocycles. The van der Waals surface area contributed by atoms with Gasteiger partial charge >= 0.3 is 0 Å². The van der Waals surface area contributed by atoms with Crippen molar-refractivity contribution in [3.05, 3.63) is 107 Å². The maximum atomic E-state index is 15.0. The van der Waals surface area contributed by atoms with E-state index in [4.69, 9.17) is 0 Å².